The van der Waals surface area contributed by atoms with Crippen LogP contribution in [0.2, 0.25) is 0 Å². The molecule has 0 spiro atoms. The first-order valence-corrected chi connectivity index (χ1v) is 13.1. The summed E-state index contributed by atoms with van der Waals surface area (Å²) in [5.74, 6) is 2.61. The van der Waals surface area contributed by atoms with E-state index in [2.05, 4.69) is 46.0 Å². The maximum Gasteiger partial charge on any atom is 0.233 e. The van der Waals surface area contributed by atoms with Crippen molar-refractivity contribution in [2.75, 3.05) is 5.75 Å². The monoisotopic (exact) mass is 486 g/mol. The van der Waals surface area contributed by atoms with Gasteiger partial charge in [-0.15, -0.1) is 10.2 Å². The number of rotatable bonds is 10. The number of carbonyl (C=O) groups is 1. The van der Waals surface area contributed by atoms with Crippen LogP contribution in [0.4, 0.5) is 0 Å². The third-order valence-corrected chi connectivity index (χ3v) is 7.59. The van der Waals surface area contributed by atoms with E-state index < -0.39 is 0 Å². The van der Waals surface area contributed by atoms with E-state index in [-0.39, 0.29) is 11.9 Å². The highest BCUT2D eigenvalue weighted by atomic mass is 32.2. The van der Waals surface area contributed by atoms with Gasteiger partial charge in [-0.2, -0.15) is 0 Å². The number of thioether (sulfide) groups is 1. The second-order valence-corrected chi connectivity index (χ2v) is 10.1. The largest absolute Gasteiger partial charge is 0.469 e. The summed E-state index contributed by atoms with van der Waals surface area (Å²) in [6.45, 7) is 5.36. The van der Waals surface area contributed by atoms with Crippen LogP contribution in [0, 0.1) is 12.8 Å². The van der Waals surface area contributed by atoms with E-state index in [0.717, 1.165) is 33.4 Å². The van der Waals surface area contributed by atoms with Crippen LogP contribution in [0.15, 0.2) is 82.6 Å². The summed E-state index contributed by atoms with van der Waals surface area (Å²) < 4.78 is 7.61. The standard InChI is InChI=1S/C28H30N4O2S/c1-20(24-13-14-24)31(17-22-9-5-3-6-10-22)26(33)19-35-28-30-29-27(25-15-16-34-21(25)2)32(28)18-23-11-7-4-8-12-23/h3-12,15-16,20,24H,13-14,17-19H2,1-2H3. The van der Waals surface area contributed by atoms with Crippen LogP contribution in [0.1, 0.15) is 36.7 Å². The molecule has 180 valence electrons. The summed E-state index contributed by atoms with van der Waals surface area (Å²) in [7, 11) is 0. The Morgan fingerprint density at radius 2 is 1.74 bits per heavy atom. The Labute approximate surface area is 210 Å². The second-order valence-electron chi connectivity index (χ2n) is 9.14. The van der Waals surface area contributed by atoms with Crippen LogP contribution >= 0.6 is 11.8 Å². The Bertz CT molecular complexity index is 1260. The third-order valence-electron chi connectivity index (χ3n) is 6.64. The van der Waals surface area contributed by atoms with Gasteiger partial charge in [0.2, 0.25) is 5.91 Å². The molecule has 1 aliphatic rings. The number of hydrogen-bond donors (Lipinski definition) is 0. The molecule has 0 N–H and O–H groups in total. The van der Waals surface area contributed by atoms with E-state index in [4.69, 9.17) is 4.42 Å². The van der Waals surface area contributed by atoms with E-state index in [9.17, 15) is 4.79 Å². The van der Waals surface area contributed by atoms with Gasteiger partial charge in [-0.25, -0.2) is 0 Å². The SMILES string of the molecule is Cc1occc1-c1nnc(SCC(=O)N(Cc2ccccc2)C(C)C2CC2)n1Cc1ccccc1. The number of furan rings is 1. The lowest BCUT2D eigenvalue weighted by Gasteiger charge is -2.29. The topological polar surface area (TPSA) is 64.2 Å². The molecule has 2 heterocycles. The van der Waals surface area contributed by atoms with Gasteiger partial charge in [-0.3, -0.25) is 9.36 Å². The Hall–Kier alpha value is -3.32. The number of aryl methyl sites for hydroxylation is 1. The summed E-state index contributed by atoms with van der Waals surface area (Å²) in [4.78, 5) is 15.5. The normalized spacial score (nSPS) is 14.1. The predicted molar refractivity (Wildman–Crippen MR) is 138 cm³/mol. The molecule has 1 fully saturated rings. The number of nitrogens with zero attached hydrogens (tertiary/aromatic N) is 4. The molecule has 1 amide bonds. The zero-order chi connectivity index (χ0) is 24.2. The van der Waals surface area contributed by atoms with Crippen LogP contribution in [-0.4, -0.2) is 37.4 Å². The molecule has 0 radical (unpaired) electrons. The molecule has 0 saturated heterocycles. The third kappa shape index (κ3) is 5.51. The van der Waals surface area contributed by atoms with Crippen LogP contribution in [0.3, 0.4) is 0 Å². The zero-order valence-electron chi connectivity index (χ0n) is 20.1. The highest BCUT2D eigenvalue weighted by Gasteiger charge is 2.34. The lowest BCUT2D eigenvalue weighted by atomic mass is 10.1. The number of hydrogen-bond acceptors (Lipinski definition) is 5. The first-order chi connectivity index (χ1) is 17.1. The average molecular weight is 487 g/mol. The van der Waals surface area contributed by atoms with Crippen LogP contribution < -0.4 is 0 Å². The Morgan fingerprint density at radius 3 is 2.37 bits per heavy atom. The van der Waals surface area contributed by atoms with Crippen molar-refractivity contribution in [3.8, 4) is 11.4 Å². The van der Waals surface area contributed by atoms with E-state index in [1.807, 2.05) is 54.3 Å². The van der Waals surface area contributed by atoms with Crippen molar-refractivity contribution in [3.05, 3.63) is 89.9 Å². The fraction of sp³-hybridized carbons (Fsp3) is 0.321. The van der Waals surface area contributed by atoms with Gasteiger partial charge in [0.1, 0.15) is 5.76 Å². The van der Waals surface area contributed by atoms with Gasteiger partial charge in [-0.1, -0.05) is 72.4 Å². The van der Waals surface area contributed by atoms with Gasteiger partial charge >= 0.3 is 0 Å². The Kier molecular flexibility index (Phi) is 7.04. The molecular formula is C28H30N4O2S. The van der Waals surface area contributed by atoms with Crippen molar-refractivity contribution in [1.29, 1.82) is 0 Å². The predicted octanol–water partition coefficient (Wildman–Crippen LogP) is 5.81. The maximum absolute atomic E-state index is 13.5. The number of aromatic nitrogens is 3. The van der Waals surface area contributed by atoms with Crippen molar-refractivity contribution < 1.29 is 9.21 Å². The summed E-state index contributed by atoms with van der Waals surface area (Å²) in [5, 5.41) is 9.70. The molecule has 7 heteroatoms. The van der Waals surface area contributed by atoms with Crippen LogP contribution in [0.5, 0.6) is 0 Å². The molecule has 1 unspecified atom stereocenters. The summed E-state index contributed by atoms with van der Waals surface area (Å²) in [6, 6.07) is 22.6. The molecule has 0 bridgehead atoms. The summed E-state index contributed by atoms with van der Waals surface area (Å²) in [6.07, 6.45) is 4.07. The van der Waals surface area contributed by atoms with Gasteiger partial charge in [-0.05, 0) is 49.8 Å². The minimum atomic E-state index is 0.133. The molecule has 1 atom stereocenters. The van der Waals surface area contributed by atoms with E-state index in [1.165, 1.54) is 24.6 Å². The molecule has 6 nitrogen and oxygen atoms in total. The second kappa shape index (κ2) is 10.5. The van der Waals surface area contributed by atoms with Crippen LogP contribution in [-0.2, 0) is 17.9 Å². The average Bonchev–Trinajstić information content (AvgIpc) is 3.55. The minimum absolute atomic E-state index is 0.133. The first-order valence-electron chi connectivity index (χ1n) is 12.1. The lowest BCUT2D eigenvalue weighted by molar-refractivity contribution is -0.131. The molecule has 5 rings (SSSR count). The van der Waals surface area contributed by atoms with Gasteiger partial charge in [0, 0.05) is 12.6 Å². The molecule has 1 aliphatic carbocycles. The molecular weight excluding hydrogens is 456 g/mol. The Morgan fingerprint density at radius 1 is 1.06 bits per heavy atom. The van der Waals surface area contributed by atoms with Gasteiger partial charge < -0.3 is 9.32 Å². The number of benzene rings is 2. The lowest BCUT2D eigenvalue weighted by Crippen LogP contribution is -2.40. The van der Waals surface area contributed by atoms with Crippen molar-refractivity contribution in [2.24, 2.45) is 5.92 Å². The summed E-state index contributed by atoms with van der Waals surface area (Å²) in [5.41, 5.74) is 3.22. The number of amides is 1. The molecule has 4 aromatic rings. The summed E-state index contributed by atoms with van der Waals surface area (Å²) >= 11 is 1.45. The fourth-order valence-electron chi connectivity index (χ4n) is 4.40. The van der Waals surface area contributed by atoms with Gasteiger partial charge in [0.15, 0.2) is 11.0 Å². The highest BCUT2D eigenvalue weighted by Crippen LogP contribution is 2.36. The van der Waals surface area contributed by atoms with E-state index >= 15 is 0 Å². The van der Waals surface area contributed by atoms with Crippen molar-refractivity contribution in [1.82, 2.24) is 19.7 Å². The van der Waals surface area contributed by atoms with Crippen molar-refractivity contribution in [3.63, 3.8) is 0 Å². The Balaban J connectivity index is 1.37. The number of carbonyl (C=O) groups excluding carboxylic acids is 1. The molecule has 0 aliphatic heterocycles. The molecule has 2 aromatic carbocycles. The fourth-order valence-corrected chi connectivity index (χ4v) is 5.23. The zero-order valence-corrected chi connectivity index (χ0v) is 20.9. The highest BCUT2D eigenvalue weighted by molar-refractivity contribution is 7.99. The van der Waals surface area contributed by atoms with Crippen LogP contribution in [0.25, 0.3) is 11.4 Å². The van der Waals surface area contributed by atoms with Crippen molar-refractivity contribution in [2.45, 2.75) is 51.0 Å². The molecule has 2 aromatic heterocycles. The van der Waals surface area contributed by atoms with Crippen molar-refractivity contribution >= 4 is 17.7 Å². The smallest absolute Gasteiger partial charge is 0.233 e. The maximum atomic E-state index is 13.5. The van der Waals surface area contributed by atoms with Gasteiger partial charge in [0.05, 0.1) is 24.1 Å². The minimum Gasteiger partial charge on any atom is -0.469 e. The van der Waals surface area contributed by atoms with Gasteiger partial charge in [0.25, 0.3) is 0 Å². The van der Waals surface area contributed by atoms with E-state index in [1.54, 1.807) is 6.26 Å². The molecule has 35 heavy (non-hydrogen) atoms. The van der Waals surface area contributed by atoms with E-state index in [0.29, 0.717) is 24.8 Å². The quantitative estimate of drug-likeness (QED) is 0.265. The molecule has 1 saturated carbocycles. The first kappa shape index (κ1) is 23.4.